The summed E-state index contributed by atoms with van der Waals surface area (Å²) >= 11 is 0. The van der Waals surface area contributed by atoms with Gasteiger partial charge in [0.2, 0.25) is 5.88 Å². The van der Waals surface area contributed by atoms with E-state index in [4.69, 9.17) is 4.74 Å². The Bertz CT molecular complexity index is 346. The van der Waals surface area contributed by atoms with E-state index >= 15 is 0 Å². The summed E-state index contributed by atoms with van der Waals surface area (Å²) in [6.07, 6.45) is 0.253. The van der Waals surface area contributed by atoms with Gasteiger partial charge in [0, 0.05) is 18.3 Å². The first kappa shape index (κ1) is 11.3. The van der Waals surface area contributed by atoms with Crippen molar-refractivity contribution in [2.24, 2.45) is 0 Å². The normalized spacial score (nSPS) is 25.4. The summed E-state index contributed by atoms with van der Waals surface area (Å²) in [6.45, 7) is 3.21. The van der Waals surface area contributed by atoms with Crippen molar-refractivity contribution in [2.75, 3.05) is 13.1 Å². The molecule has 2 unspecified atom stereocenters. The van der Waals surface area contributed by atoms with E-state index in [1.54, 1.807) is 6.07 Å². The number of piperidine rings is 1. The molecule has 2 rings (SSSR count). The summed E-state index contributed by atoms with van der Waals surface area (Å²) in [5.41, 5.74) is 0.974. The van der Waals surface area contributed by atoms with Gasteiger partial charge in [-0.15, -0.1) is 0 Å². The molecule has 3 nitrogen and oxygen atoms in total. The van der Waals surface area contributed by atoms with Crippen LogP contribution < -0.4 is 10.1 Å². The molecule has 0 saturated carbocycles. The van der Waals surface area contributed by atoms with Crippen molar-refractivity contribution in [3.05, 3.63) is 23.9 Å². The van der Waals surface area contributed by atoms with Gasteiger partial charge in [0.25, 0.3) is 0 Å². The highest BCUT2D eigenvalue weighted by Gasteiger charge is 2.26. The van der Waals surface area contributed by atoms with Crippen LogP contribution in [0.25, 0.3) is 0 Å². The number of aryl methyl sites for hydroxylation is 1. The molecule has 2 heterocycles. The highest BCUT2D eigenvalue weighted by Crippen LogP contribution is 2.16. The Balaban J connectivity index is 2.01. The van der Waals surface area contributed by atoms with Crippen molar-refractivity contribution in [1.82, 2.24) is 10.3 Å². The molecule has 1 N–H and O–H groups in total. The van der Waals surface area contributed by atoms with E-state index < -0.39 is 6.17 Å². The van der Waals surface area contributed by atoms with Crippen LogP contribution in [0.3, 0.4) is 0 Å². The zero-order valence-electron chi connectivity index (χ0n) is 9.45. The number of hydrogen-bond donors (Lipinski definition) is 1. The fraction of sp³-hybridized carbons (Fsp3) is 0.583. The number of nitrogens with zero attached hydrogens (tertiary/aromatic N) is 1. The number of aromatic nitrogens is 1. The molecular weight excluding hydrogens is 207 g/mol. The van der Waals surface area contributed by atoms with Crippen LogP contribution in [0, 0.1) is 0 Å². The third kappa shape index (κ3) is 2.70. The van der Waals surface area contributed by atoms with Gasteiger partial charge in [-0.2, -0.15) is 0 Å². The maximum atomic E-state index is 13.5. The van der Waals surface area contributed by atoms with Crippen LogP contribution in [0.4, 0.5) is 4.39 Å². The standard InChI is InChI=1S/C12H17FN2O/c1-2-9-4-3-5-12(15-9)16-11-6-7-14-8-10(11)13/h3-5,10-11,14H,2,6-8H2,1H3. The quantitative estimate of drug-likeness (QED) is 0.849. The van der Waals surface area contributed by atoms with Crippen LogP contribution in [0.5, 0.6) is 5.88 Å². The minimum Gasteiger partial charge on any atom is -0.471 e. The Labute approximate surface area is 95.0 Å². The van der Waals surface area contributed by atoms with Crippen molar-refractivity contribution >= 4 is 0 Å². The van der Waals surface area contributed by atoms with Gasteiger partial charge < -0.3 is 10.1 Å². The molecule has 2 atom stereocenters. The predicted octanol–water partition coefficient (Wildman–Crippen LogP) is 1.72. The van der Waals surface area contributed by atoms with Crippen LogP contribution in [-0.2, 0) is 6.42 Å². The van der Waals surface area contributed by atoms with Crippen molar-refractivity contribution in [1.29, 1.82) is 0 Å². The molecule has 0 radical (unpaired) electrons. The number of ether oxygens (including phenoxy) is 1. The molecule has 1 aliphatic rings. The number of halogens is 1. The fourth-order valence-corrected chi connectivity index (χ4v) is 1.80. The lowest BCUT2D eigenvalue weighted by atomic mass is 10.1. The third-order valence-electron chi connectivity index (χ3n) is 2.76. The second-order valence-corrected chi connectivity index (χ2v) is 3.99. The van der Waals surface area contributed by atoms with Crippen LogP contribution in [0.2, 0.25) is 0 Å². The van der Waals surface area contributed by atoms with E-state index in [1.807, 2.05) is 19.1 Å². The van der Waals surface area contributed by atoms with E-state index in [2.05, 4.69) is 10.3 Å². The lowest BCUT2D eigenvalue weighted by Crippen LogP contribution is -2.44. The minimum absolute atomic E-state index is 0.360. The number of alkyl halides is 1. The topological polar surface area (TPSA) is 34.1 Å². The van der Waals surface area contributed by atoms with Crippen LogP contribution >= 0.6 is 0 Å². The van der Waals surface area contributed by atoms with Crippen molar-refractivity contribution in [3.8, 4) is 5.88 Å². The van der Waals surface area contributed by atoms with Gasteiger partial charge in [-0.25, -0.2) is 9.37 Å². The molecule has 1 aromatic rings. The SMILES string of the molecule is CCc1cccc(OC2CCNCC2F)n1. The van der Waals surface area contributed by atoms with Crippen molar-refractivity contribution in [3.63, 3.8) is 0 Å². The summed E-state index contributed by atoms with van der Waals surface area (Å²) in [6, 6.07) is 5.63. The molecule has 1 aromatic heterocycles. The van der Waals surface area contributed by atoms with Gasteiger partial charge in [-0.3, -0.25) is 0 Å². The molecule has 88 valence electrons. The van der Waals surface area contributed by atoms with E-state index in [1.165, 1.54) is 0 Å². The van der Waals surface area contributed by atoms with E-state index in [0.29, 0.717) is 18.8 Å². The third-order valence-corrected chi connectivity index (χ3v) is 2.76. The lowest BCUT2D eigenvalue weighted by Gasteiger charge is -2.26. The van der Waals surface area contributed by atoms with Gasteiger partial charge in [-0.05, 0) is 25.5 Å². The Morgan fingerprint density at radius 2 is 2.44 bits per heavy atom. The first-order valence-corrected chi connectivity index (χ1v) is 5.77. The molecule has 0 aliphatic carbocycles. The summed E-state index contributed by atoms with van der Waals surface area (Å²) < 4.78 is 19.1. The highest BCUT2D eigenvalue weighted by molar-refractivity contribution is 5.16. The Hall–Kier alpha value is -1.16. The van der Waals surface area contributed by atoms with Gasteiger partial charge in [0.15, 0.2) is 0 Å². The molecular formula is C12H17FN2O. The summed E-state index contributed by atoms with van der Waals surface area (Å²) in [7, 11) is 0. The van der Waals surface area contributed by atoms with Crippen LogP contribution in [0.15, 0.2) is 18.2 Å². The first-order valence-electron chi connectivity index (χ1n) is 5.77. The van der Waals surface area contributed by atoms with Crippen molar-refractivity contribution in [2.45, 2.75) is 32.0 Å². The van der Waals surface area contributed by atoms with E-state index in [-0.39, 0.29) is 6.10 Å². The smallest absolute Gasteiger partial charge is 0.213 e. The number of nitrogens with one attached hydrogen (secondary N) is 1. The lowest BCUT2D eigenvalue weighted by molar-refractivity contribution is 0.0692. The maximum absolute atomic E-state index is 13.5. The number of hydrogen-bond acceptors (Lipinski definition) is 3. The average Bonchev–Trinajstić information content (AvgIpc) is 2.32. The van der Waals surface area contributed by atoms with Gasteiger partial charge in [-0.1, -0.05) is 13.0 Å². The first-order chi connectivity index (χ1) is 7.79. The van der Waals surface area contributed by atoms with Gasteiger partial charge >= 0.3 is 0 Å². The van der Waals surface area contributed by atoms with Crippen LogP contribution in [-0.4, -0.2) is 30.3 Å². The number of rotatable bonds is 3. The highest BCUT2D eigenvalue weighted by atomic mass is 19.1. The van der Waals surface area contributed by atoms with E-state index in [0.717, 1.165) is 18.7 Å². The molecule has 1 aliphatic heterocycles. The predicted molar refractivity (Wildman–Crippen MR) is 60.4 cm³/mol. The Kier molecular flexibility index (Phi) is 3.72. The Morgan fingerprint density at radius 1 is 1.56 bits per heavy atom. The molecule has 0 aromatic carbocycles. The molecule has 0 spiro atoms. The minimum atomic E-state index is -0.944. The van der Waals surface area contributed by atoms with Gasteiger partial charge in [0.05, 0.1) is 0 Å². The zero-order valence-corrected chi connectivity index (χ0v) is 9.45. The van der Waals surface area contributed by atoms with Gasteiger partial charge in [0.1, 0.15) is 12.3 Å². The Morgan fingerprint density at radius 3 is 3.19 bits per heavy atom. The molecule has 1 fully saturated rings. The molecule has 0 amide bonds. The molecule has 1 saturated heterocycles. The van der Waals surface area contributed by atoms with E-state index in [9.17, 15) is 4.39 Å². The summed E-state index contributed by atoms with van der Waals surface area (Å²) in [5.74, 6) is 0.536. The number of pyridine rings is 1. The molecule has 0 bridgehead atoms. The van der Waals surface area contributed by atoms with Crippen LogP contribution in [0.1, 0.15) is 19.0 Å². The fourth-order valence-electron chi connectivity index (χ4n) is 1.80. The average molecular weight is 224 g/mol. The maximum Gasteiger partial charge on any atom is 0.213 e. The molecule has 16 heavy (non-hydrogen) atoms. The molecule has 4 heteroatoms. The monoisotopic (exact) mass is 224 g/mol. The summed E-state index contributed by atoms with van der Waals surface area (Å²) in [4.78, 5) is 4.31. The van der Waals surface area contributed by atoms with Crippen molar-refractivity contribution < 1.29 is 9.13 Å². The summed E-state index contributed by atoms with van der Waals surface area (Å²) in [5, 5.41) is 3.00. The largest absolute Gasteiger partial charge is 0.471 e. The second-order valence-electron chi connectivity index (χ2n) is 3.99. The zero-order chi connectivity index (χ0) is 11.4. The second kappa shape index (κ2) is 5.25.